The predicted octanol–water partition coefficient (Wildman–Crippen LogP) is 4.52. The zero-order valence-corrected chi connectivity index (χ0v) is 14.5. The van der Waals surface area contributed by atoms with Gasteiger partial charge in [0.25, 0.3) is 0 Å². The number of benzene rings is 1. The summed E-state index contributed by atoms with van der Waals surface area (Å²) in [5, 5.41) is 2.56. The molecule has 0 spiro atoms. The van der Waals surface area contributed by atoms with Crippen molar-refractivity contribution in [3.05, 3.63) is 29.8 Å². The molecule has 4 atom stereocenters. The van der Waals surface area contributed by atoms with Gasteiger partial charge in [-0.2, -0.15) is 13.2 Å². The van der Waals surface area contributed by atoms with Crippen molar-refractivity contribution < 1.29 is 22.7 Å². The lowest BCUT2D eigenvalue weighted by Gasteiger charge is -2.43. The highest BCUT2D eigenvalue weighted by molar-refractivity contribution is 5.84. The molecule has 1 aromatic rings. The van der Waals surface area contributed by atoms with Crippen molar-refractivity contribution in [1.82, 2.24) is 4.90 Å². The molecule has 2 heterocycles. The Morgan fingerprint density at radius 3 is 2.65 bits per heavy atom. The normalized spacial score (nSPS) is 31.3. The van der Waals surface area contributed by atoms with E-state index in [2.05, 4.69) is 10.2 Å². The topological polar surface area (TPSA) is 41.6 Å². The van der Waals surface area contributed by atoms with Crippen LogP contribution in [0.3, 0.4) is 0 Å². The summed E-state index contributed by atoms with van der Waals surface area (Å²) in [6.07, 6.45) is 0.580. The standard InChI is InChI=1S/C19H23F3N2O2/c20-19(21,22)13-4-6-14(7-5-13)23-18(25)26-17-10-12-9-15(17)16-3-1-2-8-24(16)11-12/h4-7,12,15-17H,1-3,8-11H2,(H,23,25)/t12-,15-,16-,17-/m1/s1. The van der Waals surface area contributed by atoms with E-state index in [1.54, 1.807) is 0 Å². The SMILES string of the molecule is O=C(Nc1ccc(C(F)(F)F)cc1)O[C@@H]1C[C@H]2C[C@@H]1[C@H]1CCCCN1C2. The summed E-state index contributed by atoms with van der Waals surface area (Å²) in [5.41, 5.74) is -0.429. The number of carbonyl (C=O) groups is 1. The van der Waals surface area contributed by atoms with Gasteiger partial charge < -0.3 is 4.74 Å². The monoisotopic (exact) mass is 368 g/mol. The maximum atomic E-state index is 12.6. The van der Waals surface area contributed by atoms with Crippen molar-refractivity contribution in [1.29, 1.82) is 0 Å². The van der Waals surface area contributed by atoms with Crippen molar-refractivity contribution >= 4 is 11.8 Å². The maximum absolute atomic E-state index is 12.6. The van der Waals surface area contributed by atoms with Crippen LogP contribution in [0, 0.1) is 11.8 Å². The van der Waals surface area contributed by atoms with Crippen LogP contribution >= 0.6 is 0 Å². The third-order valence-electron chi connectivity index (χ3n) is 6.02. The number of halogens is 3. The molecule has 3 aliphatic rings. The van der Waals surface area contributed by atoms with Gasteiger partial charge in [0.1, 0.15) is 6.10 Å². The fraction of sp³-hybridized carbons (Fsp3) is 0.632. The van der Waals surface area contributed by atoms with Crippen LogP contribution in [-0.2, 0) is 10.9 Å². The smallest absolute Gasteiger partial charge is 0.416 e. The van der Waals surface area contributed by atoms with Gasteiger partial charge in [0.15, 0.2) is 0 Å². The van der Waals surface area contributed by atoms with Crippen molar-refractivity contribution in [2.75, 3.05) is 18.4 Å². The van der Waals surface area contributed by atoms with E-state index in [0.717, 1.165) is 44.5 Å². The number of hydrogen-bond acceptors (Lipinski definition) is 3. The molecule has 7 heteroatoms. The van der Waals surface area contributed by atoms with Crippen molar-refractivity contribution in [3.63, 3.8) is 0 Å². The molecule has 0 aromatic heterocycles. The summed E-state index contributed by atoms with van der Waals surface area (Å²) in [6, 6.07) is 4.92. The van der Waals surface area contributed by atoms with Crippen LogP contribution in [0.4, 0.5) is 23.7 Å². The van der Waals surface area contributed by atoms with Gasteiger partial charge in [0, 0.05) is 24.2 Å². The lowest BCUT2D eigenvalue weighted by Crippen LogP contribution is -2.49. The van der Waals surface area contributed by atoms with Gasteiger partial charge in [0.2, 0.25) is 0 Å². The van der Waals surface area contributed by atoms with E-state index < -0.39 is 17.8 Å². The van der Waals surface area contributed by atoms with E-state index in [1.165, 1.54) is 25.0 Å². The third kappa shape index (κ3) is 3.54. The Morgan fingerprint density at radius 1 is 1.15 bits per heavy atom. The fourth-order valence-electron chi connectivity index (χ4n) is 4.91. The van der Waals surface area contributed by atoms with E-state index in [-0.39, 0.29) is 6.10 Å². The fourth-order valence-corrected chi connectivity index (χ4v) is 4.91. The molecule has 0 radical (unpaired) electrons. The minimum absolute atomic E-state index is 0.0949. The van der Waals surface area contributed by atoms with Crippen LogP contribution in [0.15, 0.2) is 24.3 Å². The average molecular weight is 368 g/mol. The Labute approximate surface area is 150 Å². The first-order chi connectivity index (χ1) is 12.4. The lowest BCUT2D eigenvalue weighted by molar-refractivity contribution is -0.137. The molecule has 4 rings (SSSR count). The van der Waals surface area contributed by atoms with Crippen LogP contribution in [0.25, 0.3) is 0 Å². The van der Waals surface area contributed by atoms with Gasteiger partial charge in [-0.3, -0.25) is 10.2 Å². The first-order valence-electron chi connectivity index (χ1n) is 9.29. The molecule has 142 valence electrons. The summed E-state index contributed by atoms with van der Waals surface area (Å²) in [4.78, 5) is 14.8. The molecule has 4 nitrogen and oxygen atoms in total. The quantitative estimate of drug-likeness (QED) is 0.835. The zero-order valence-electron chi connectivity index (χ0n) is 14.5. The van der Waals surface area contributed by atoms with Crippen LogP contribution in [0.2, 0.25) is 0 Å². The number of piperidine rings is 2. The second-order valence-electron chi connectivity index (χ2n) is 7.70. The summed E-state index contributed by atoms with van der Waals surface area (Å²) in [5.74, 6) is 0.964. The Bertz CT molecular complexity index is 662. The summed E-state index contributed by atoms with van der Waals surface area (Å²) in [7, 11) is 0. The molecule has 1 aromatic carbocycles. The molecular weight excluding hydrogens is 345 g/mol. The molecule has 2 aliphatic heterocycles. The molecular formula is C19H23F3N2O2. The number of nitrogens with one attached hydrogen (secondary N) is 1. The molecule has 1 amide bonds. The van der Waals surface area contributed by atoms with E-state index in [0.29, 0.717) is 23.6 Å². The summed E-state index contributed by atoms with van der Waals surface area (Å²) >= 11 is 0. The van der Waals surface area contributed by atoms with Crippen LogP contribution in [-0.4, -0.2) is 36.2 Å². The Kier molecular flexibility index (Phi) is 4.59. The largest absolute Gasteiger partial charge is 0.446 e. The van der Waals surface area contributed by atoms with Crippen molar-refractivity contribution in [2.24, 2.45) is 11.8 Å². The molecule has 1 N–H and O–H groups in total. The predicted molar refractivity (Wildman–Crippen MR) is 90.8 cm³/mol. The molecule has 2 saturated heterocycles. The van der Waals surface area contributed by atoms with Crippen LogP contribution in [0.5, 0.6) is 0 Å². The van der Waals surface area contributed by atoms with Crippen LogP contribution in [0.1, 0.15) is 37.7 Å². The Hall–Kier alpha value is -1.76. The second kappa shape index (κ2) is 6.76. The highest BCUT2D eigenvalue weighted by atomic mass is 19.4. The number of hydrogen-bond donors (Lipinski definition) is 1. The number of anilines is 1. The van der Waals surface area contributed by atoms with Crippen molar-refractivity contribution in [3.8, 4) is 0 Å². The highest BCUT2D eigenvalue weighted by Crippen LogP contribution is 2.45. The number of carbonyl (C=O) groups excluding carboxylic acids is 1. The second-order valence-corrected chi connectivity index (χ2v) is 7.70. The first-order valence-corrected chi connectivity index (χ1v) is 9.29. The number of alkyl halides is 3. The van der Waals surface area contributed by atoms with Gasteiger partial charge in [-0.15, -0.1) is 0 Å². The summed E-state index contributed by atoms with van der Waals surface area (Å²) < 4.78 is 43.5. The van der Waals surface area contributed by atoms with Gasteiger partial charge in [-0.25, -0.2) is 4.79 Å². The van der Waals surface area contributed by atoms with Crippen molar-refractivity contribution in [2.45, 2.75) is 50.4 Å². The number of amides is 1. The highest BCUT2D eigenvalue weighted by Gasteiger charge is 2.48. The van der Waals surface area contributed by atoms with E-state index >= 15 is 0 Å². The minimum atomic E-state index is -4.38. The first kappa shape index (κ1) is 17.6. The molecule has 1 aliphatic carbocycles. The van der Waals surface area contributed by atoms with Gasteiger partial charge in [-0.1, -0.05) is 6.42 Å². The van der Waals surface area contributed by atoms with E-state index in [1.807, 2.05) is 0 Å². The molecule has 2 bridgehead atoms. The number of nitrogens with zero attached hydrogens (tertiary/aromatic N) is 1. The van der Waals surface area contributed by atoms with Crippen LogP contribution < -0.4 is 5.32 Å². The number of ether oxygens (including phenoxy) is 1. The maximum Gasteiger partial charge on any atom is 0.416 e. The number of rotatable bonds is 2. The third-order valence-corrected chi connectivity index (χ3v) is 6.02. The molecule has 0 unspecified atom stereocenters. The minimum Gasteiger partial charge on any atom is -0.446 e. The Morgan fingerprint density at radius 2 is 1.92 bits per heavy atom. The van der Waals surface area contributed by atoms with E-state index in [9.17, 15) is 18.0 Å². The lowest BCUT2D eigenvalue weighted by atomic mass is 9.84. The number of fused-ring (bicyclic) bond motifs is 4. The molecule has 26 heavy (non-hydrogen) atoms. The van der Waals surface area contributed by atoms with Gasteiger partial charge >= 0.3 is 12.3 Å². The molecule has 1 saturated carbocycles. The Balaban J connectivity index is 1.36. The zero-order chi connectivity index (χ0) is 18.3. The van der Waals surface area contributed by atoms with Gasteiger partial charge in [0.05, 0.1) is 5.56 Å². The molecule has 3 fully saturated rings. The van der Waals surface area contributed by atoms with E-state index in [4.69, 9.17) is 4.74 Å². The summed E-state index contributed by atoms with van der Waals surface area (Å²) in [6.45, 7) is 2.24. The average Bonchev–Trinajstić information content (AvgIpc) is 2.91. The van der Waals surface area contributed by atoms with Gasteiger partial charge in [-0.05, 0) is 62.4 Å².